The molecular formula is C21H21N3O5S2. The molecule has 0 bridgehead atoms. The predicted molar refractivity (Wildman–Crippen MR) is 118 cm³/mol. The summed E-state index contributed by atoms with van der Waals surface area (Å²) in [6, 6.07) is 5.41. The van der Waals surface area contributed by atoms with Crippen molar-refractivity contribution in [3.05, 3.63) is 46.1 Å². The zero-order valence-electron chi connectivity index (χ0n) is 17.1. The zero-order chi connectivity index (χ0) is 22.0. The van der Waals surface area contributed by atoms with Crippen molar-refractivity contribution < 1.29 is 23.9 Å². The second kappa shape index (κ2) is 9.11. The van der Waals surface area contributed by atoms with Crippen LogP contribution in [-0.4, -0.2) is 46.7 Å². The van der Waals surface area contributed by atoms with E-state index in [-0.39, 0.29) is 12.3 Å². The number of anilines is 1. The number of fused-ring (bicyclic) bond motifs is 2. The van der Waals surface area contributed by atoms with Gasteiger partial charge >= 0.3 is 11.9 Å². The van der Waals surface area contributed by atoms with Crippen LogP contribution in [0.25, 0.3) is 5.52 Å². The first kappa shape index (κ1) is 21.4. The summed E-state index contributed by atoms with van der Waals surface area (Å²) in [5, 5.41) is 3.81. The summed E-state index contributed by atoms with van der Waals surface area (Å²) in [6.45, 7) is 1.51. The lowest BCUT2D eigenvalue weighted by Crippen LogP contribution is -2.22. The Hall–Kier alpha value is -2.85. The Kier molecular flexibility index (Phi) is 6.28. The van der Waals surface area contributed by atoms with Crippen LogP contribution in [0.15, 0.2) is 29.6 Å². The Morgan fingerprint density at radius 2 is 2.06 bits per heavy atom. The van der Waals surface area contributed by atoms with Gasteiger partial charge in [-0.25, -0.2) is 14.6 Å². The molecule has 162 valence electrons. The van der Waals surface area contributed by atoms with Gasteiger partial charge in [-0.05, 0) is 50.1 Å². The molecule has 3 aromatic heterocycles. The van der Waals surface area contributed by atoms with E-state index in [0.717, 1.165) is 29.7 Å². The third-order valence-corrected chi connectivity index (χ3v) is 6.74. The van der Waals surface area contributed by atoms with Crippen LogP contribution in [0.4, 0.5) is 5.00 Å². The number of ether oxygens (including phenoxy) is 2. The second-order valence-corrected chi connectivity index (χ2v) is 8.69. The van der Waals surface area contributed by atoms with Crippen LogP contribution < -0.4 is 5.32 Å². The molecule has 0 unspecified atom stereocenters. The molecule has 0 atom stereocenters. The Morgan fingerprint density at radius 1 is 1.23 bits per heavy atom. The lowest BCUT2D eigenvalue weighted by molar-refractivity contribution is -0.119. The number of esters is 2. The van der Waals surface area contributed by atoms with Crippen LogP contribution in [0.1, 0.15) is 44.6 Å². The minimum atomic E-state index is -0.682. The van der Waals surface area contributed by atoms with Crippen LogP contribution in [0.3, 0.4) is 0 Å². The number of nitrogens with zero attached hydrogens (tertiary/aromatic N) is 2. The number of thioether (sulfide) groups is 1. The zero-order valence-corrected chi connectivity index (χ0v) is 18.7. The molecule has 1 amide bonds. The molecule has 31 heavy (non-hydrogen) atoms. The number of carbonyl (C=O) groups is 3. The maximum absolute atomic E-state index is 12.6. The highest BCUT2D eigenvalue weighted by Gasteiger charge is 2.28. The molecule has 1 aliphatic rings. The second-order valence-electron chi connectivity index (χ2n) is 6.81. The number of imidazole rings is 1. The number of aromatic nitrogens is 2. The highest BCUT2D eigenvalue weighted by molar-refractivity contribution is 7.98. The first-order valence-electron chi connectivity index (χ1n) is 9.83. The number of rotatable bonds is 7. The number of aryl methyl sites for hydroxylation is 1. The Morgan fingerprint density at radius 3 is 2.84 bits per heavy atom. The number of amides is 1. The number of hydrogen-bond donors (Lipinski definition) is 1. The van der Waals surface area contributed by atoms with Crippen molar-refractivity contribution >= 4 is 51.5 Å². The minimum Gasteiger partial charge on any atom is -0.462 e. The number of carbonyl (C=O) groups excluding carboxylic acids is 3. The van der Waals surface area contributed by atoms with E-state index in [1.165, 1.54) is 23.1 Å². The van der Waals surface area contributed by atoms with Crippen LogP contribution in [-0.2, 0) is 27.1 Å². The maximum Gasteiger partial charge on any atom is 0.359 e. The van der Waals surface area contributed by atoms with Crippen LogP contribution >= 0.6 is 23.1 Å². The van der Waals surface area contributed by atoms with E-state index in [9.17, 15) is 14.4 Å². The highest BCUT2D eigenvalue weighted by atomic mass is 32.2. The third kappa shape index (κ3) is 4.17. The van der Waals surface area contributed by atoms with Gasteiger partial charge in [0.05, 0.1) is 17.7 Å². The van der Waals surface area contributed by atoms with Gasteiger partial charge in [0.25, 0.3) is 5.91 Å². The van der Waals surface area contributed by atoms with Crippen molar-refractivity contribution in [3.63, 3.8) is 0 Å². The third-order valence-electron chi connectivity index (χ3n) is 4.88. The van der Waals surface area contributed by atoms with Gasteiger partial charge in [0.15, 0.2) is 17.5 Å². The monoisotopic (exact) mass is 459 g/mol. The highest BCUT2D eigenvalue weighted by Crippen LogP contribution is 2.39. The Labute approximate surface area is 186 Å². The topological polar surface area (TPSA) is 99.0 Å². The molecule has 10 heteroatoms. The maximum atomic E-state index is 12.6. The Bertz CT molecular complexity index is 1170. The summed E-state index contributed by atoms with van der Waals surface area (Å²) >= 11 is 2.78. The molecule has 1 N–H and O–H groups in total. The van der Waals surface area contributed by atoms with Crippen molar-refractivity contribution in [2.24, 2.45) is 0 Å². The molecule has 0 aromatic carbocycles. The van der Waals surface area contributed by atoms with Crippen LogP contribution in [0.5, 0.6) is 0 Å². The summed E-state index contributed by atoms with van der Waals surface area (Å²) in [4.78, 5) is 42.8. The molecule has 1 aliphatic carbocycles. The predicted octanol–water partition coefficient (Wildman–Crippen LogP) is 3.58. The Balaban J connectivity index is 1.46. The summed E-state index contributed by atoms with van der Waals surface area (Å²) in [5.74, 6) is -1.64. The molecule has 3 heterocycles. The molecule has 8 nitrogen and oxygen atoms in total. The van der Waals surface area contributed by atoms with Gasteiger partial charge in [0.1, 0.15) is 5.00 Å². The number of nitrogens with one attached hydrogen (secondary N) is 1. The summed E-state index contributed by atoms with van der Waals surface area (Å²) < 4.78 is 12.2. The van der Waals surface area contributed by atoms with Crippen molar-refractivity contribution in [1.29, 1.82) is 0 Å². The standard InChI is InChI=1S/C21H21N3O5S2/c1-3-28-19(26)16-12-7-6-9-14(12)31-18(16)22-15(25)11-29-20(27)17-13-8-4-5-10-24(13)21(23-17)30-2/h4-5,8,10H,3,6-7,9,11H2,1-2H3,(H,22,25). The van der Waals surface area contributed by atoms with Crippen molar-refractivity contribution in [2.45, 2.75) is 31.3 Å². The molecule has 0 saturated carbocycles. The van der Waals surface area contributed by atoms with Crippen molar-refractivity contribution in [1.82, 2.24) is 9.38 Å². The smallest absolute Gasteiger partial charge is 0.359 e. The quantitative estimate of drug-likeness (QED) is 0.426. The fraction of sp³-hybridized carbons (Fsp3) is 0.333. The molecule has 3 aromatic rings. The SMILES string of the molecule is CCOC(=O)c1c(NC(=O)COC(=O)c2nc(SC)n3ccccc23)sc2c1CCC2. The lowest BCUT2D eigenvalue weighted by atomic mass is 10.1. The number of thiophene rings is 1. The van der Waals surface area contributed by atoms with E-state index in [0.29, 0.717) is 21.2 Å². The molecule has 0 saturated heterocycles. The molecule has 0 spiro atoms. The molecular weight excluding hydrogens is 438 g/mol. The van der Waals surface area contributed by atoms with E-state index in [1.54, 1.807) is 23.5 Å². The van der Waals surface area contributed by atoms with E-state index >= 15 is 0 Å². The van der Waals surface area contributed by atoms with E-state index in [2.05, 4.69) is 10.3 Å². The van der Waals surface area contributed by atoms with Gasteiger partial charge in [-0.15, -0.1) is 11.3 Å². The van der Waals surface area contributed by atoms with Gasteiger partial charge in [-0.3, -0.25) is 9.20 Å². The van der Waals surface area contributed by atoms with Crippen LogP contribution in [0, 0.1) is 0 Å². The normalized spacial score (nSPS) is 12.6. The minimum absolute atomic E-state index is 0.153. The van der Waals surface area contributed by atoms with Gasteiger partial charge in [0, 0.05) is 11.1 Å². The van der Waals surface area contributed by atoms with Gasteiger partial charge in [-0.2, -0.15) is 0 Å². The van der Waals surface area contributed by atoms with Gasteiger partial charge < -0.3 is 14.8 Å². The van der Waals surface area contributed by atoms with Crippen LogP contribution in [0.2, 0.25) is 0 Å². The van der Waals surface area contributed by atoms with E-state index < -0.39 is 24.5 Å². The fourth-order valence-corrected chi connectivity index (χ4v) is 5.41. The first-order valence-corrected chi connectivity index (χ1v) is 11.9. The summed E-state index contributed by atoms with van der Waals surface area (Å²) in [5.41, 5.74) is 2.13. The number of pyridine rings is 1. The fourth-order valence-electron chi connectivity index (χ4n) is 3.58. The van der Waals surface area contributed by atoms with Crippen molar-refractivity contribution in [3.8, 4) is 0 Å². The molecule has 4 rings (SSSR count). The summed E-state index contributed by atoms with van der Waals surface area (Å²) in [7, 11) is 0. The molecule has 0 fully saturated rings. The summed E-state index contributed by atoms with van der Waals surface area (Å²) in [6.07, 6.45) is 6.32. The molecule has 0 aliphatic heterocycles. The van der Waals surface area contributed by atoms with E-state index in [1.807, 2.05) is 18.5 Å². The van der Waals surface area contributed by atoms with Gasteiger partial charge in [-0.1, -0.05) is 17.8 Å². The van der Waals surface area contributed by atoms with E-state index in [4.69, 9.17) is 9.47 Å². The average Bonchev–Trinajstić information content (AvgIpc) is 3.44. The largest absolute Gasteiger partial charge is 0.462 e. The lowest BCUT2D eigenvalue weighted by Gasteiger charge is -2.08. The molecule has 0 radical (unpaired) electrons. The van der Waals surface area contributed by atoms with Crippen molar-refractivity contribution in [2.75, 3.05) is 24.8 Å². The number of hydrogen-bond acceptors (Lipinski definition) is 8. The average molecular weight is 460 g/mol. The van der Waals surface area contributed by atoms with Gasteiger partial charge in [0.2, 0.25) is 0 Å². The first-order chi connectivity index (χ1) is 15.0.